The number of imidazole rings is 1. The fourth-order valence-electron chi connectivity index (χ4n) is 3.21. The standard InChI is InChI=1S/C19H24N4O7S/c1-10(24)29-8-11-9-31-16-13(15(26)23(16)14(11)17(27)28)21-18-20-5-6-22(18)7-12(25)30-19(2,3)4/h5-6,13,16H,7-9H2,1-4H3,(H,20,21)(H,27,28)/t13?,16-/m1/s1. The number of aliphatic carboxylic acids is 1. The molecule has 1 saturated heterocycles. The Morgan fingerprint density at radius 2 is 2.06 bits per heavy atom. The highest BCUT2D eigenvalue weighted by atomic mass is 32.2. The van der Waals surface area contributed by atoms with Crippen LogP contribution in [0.15, 0.2) is 23.7 Å². The van der Waals surface area contributed by atoms with E-state index in [0.29, 0.717) is 17.3 Å². The van der Waals surface area contributed by atoms with Crippen LogP contribution in [0.4, 0.5) is 5.95 Å². The Bertz CT molecular complexity index is 949. The number of anilines is 1. The summed E-state index contributed by atoms with van der Waals surface area (Å²) < 4.78 is 11.8. The molecule has 2 N–H and O–H groups in total. The summed E-state index contributed by atoms with van der Waals surface area (Å²) in [7, 11) is 0. The lowest BCUT2D eigenvalue weighted by Crippen LogP contribution is -2.68. The van der Waals surface area contributed by atoms with Crippen LogP contribution in [0.5, 0.6) is 0 Å². The van der Waals surface area contributed by atoms with Gasteiger partial charge in [0.2, 0.25) is 5.95 Å². The Balaban J connectivity index is 1.71. The molecule has 0 bridgehead atoms. The summed E-state index contributed by atoms with van der Waals surface area (Å²) >= 11 is 1.36. The molecule has 1 aromatic rings. The van der Waals surface area contributed by atoms with Gasteiger partial charge in [0, 0.05) is 30.6 Å². The van der Waals surface area contributed by atoms with Gasteiger partial charge in [0.15, 0.2) is 0 Å². The number of carbonyl (C=O) groups is 4. The van der Waals surface area contributed by atoms with Gasteiger partial charge in [-0.1, -0.05) is 0 Å². The molecule has 3 heterocycles. The van der Waals surface area contributed by atoms with Gasteiger partial charge in [-0.2, -0.15) is 0 Å². The average molecular weight is 452 g/mol. The van der Waals surface area contributed by atoms with Gasteiger partial charge in [-0.15, -0.1) is 11.8 Å². The number of β-lactam (4-membered cyclic amide) rings is 1. The summed E-state index contributed by atoms with van der Waals surface area (Å²) in [6.45, 7) is 6.26. The van der Waals surface area contributed by atoms with Gasteiger partial charge in [-0.05, 0) is 20.8 Å². The van der Waals surface area contributed by atoms with Crippen LogP contribution in [0.1, 0.15) is 27.7 Å². The number of ether oxygens (including phenoxy) is 2. The van der Waals surface area contributed by atoms with E-state index in [1.807, 2.05) is 0 Å². The van der Waals surface area contributed by atoms with Crippen molar-refractivity contribution in [3.8, 4) is 0 Å². The van der Waals surface area contributed by atoms with Crippen molar-refractivity contribution in [3.05, 3.63) is 23.7 Å². The summed E-state index contributed by atoms with van der Waals surface area (Å²) in [6.07, 6.45) is 3.07. The molecular formula is C19H24N4O7S. The van der Waals surface area contributed by atoms with Gasteiger partial charge in [0.1, 0.15) is 35.9 Å². The van der Waals surface area contributed by atoms with Crippen molar-refractivity contribution in [2.24, 2.45) is 0 Å². The zero-order chi connectivity index (χ0) is 22.9. The molecule has 0 aromatic carbocycles. The zero-order valence-corrected chi connectivity index (χ0v) is 18.4. The molecule has 0 saturated carbocycles. The molecular weight excluding hydrogens is 428 g/mol. The highest BCUT2D eigenvalue weighted by molar-refractivity contribution is 8.00. The second-order valence-corrected chi connectivity index (χ2v) is 9.14. The van der Waals surface area contributed by atoms with E-state index in [2.05, 4.69) is 10.3 Å². The van der Waals surface area contributed by atoms with Crippen molar-refractivity contribution < 1.29 is 33.8 Å². The van der Waals surface area contributed by atoms with E-state index in [0.717, 1.165) is 0 Å². The van der Waals surface area contributed by atoms with Crippen molar-refractivity contribution in [1.29, 1.82) is 0 Å². The fraction of sp³-hybridized carbons (Fsp3) is 0.526. The van der Waals surface area contributed by atoms with E-state index in [4.69, 9.17) is 9.47 Å². The van der Waals surface area contributed by atoms with Crippen LogP contribution < -0.4 is 5.32 Å². The van der Waals surface area contributed by atoms with Crippen LogP contribution in [-0.4, -0.2) is 72.7 Å². The molecule has 0 aliphatic carbocycles. The first-order chi connectivity index (χ1) is 14.5. The largest absolute Gasteiger partial charge is 0.477 e. The molecule has 168 valence electrons. The second-order valence-electron chi connectivity index (χ2n) is 8.03. The van der Waals surface area contributed by atoms with Gasteiger partial charge >= 0.3 is 17.9 Å². The van der Waals surface area contributed by atoms with Crippen LogP contribution >= 0.6 is 11.8 Å². The summed E-state index contributed by atoms with van der Waals surface area (Å²) in [6, 6.07) is -0.714. The topological polar surface area (TPSA) is 140 Å². The smallest absolute Gasteiger partial charge is 0.352 e. The summed E-state index contributed by atoms with van der Waals surface area (Å²) in [5.41, 5.74) is -0.426. The normalized spacial score (nSPS) is 20.6. The van der Waals surface area contributed by atoms with Crippen molar-refractivity contribution in [3.63, 3.8) is 0 Å². The number of rotatable bonds is 7. The molecule has 1 aromatic heterocycles. The third kappa shape index (κ3) is 5.01. The van der Waals surface area contributed by atoms with Crippen LogP contribution in [0.2, 0.25) is 0 Å². The molecule has 3 rings (SSSR count). The predicted octanol–water partition coefficient (Wildman–Crippen LogP) is 0.822. The minimum atomic E-state index is -1.26. The SMILES string of the molecule is CC(=O)OCC1=C(C(=O)O)N2C(=O)C(Nc3nccn3CC(=O)OC(C)(C)C)[C@H]2SC1. The van der Waals surface area contributed by atoms with E-state index < -0.39 is 40.8 Å². The van der Waals surface area contributed by atoms with Gasteiger partial charge < -0.3 is 24.5 Å². The second kappa shape index (κ2) is 8.61. The summed E-state index contributed by atoms with van der Waals surface area (Å²) in [5.74, 6) is -2.08. The van der Waals surface area contributed by atoms with Crippen LogP contribution in [-0.2, 0) is 35.2 Å². The predicted molar refractivity (Wildman–Crippen MR) is 110 cm³/mol. The lowest BCUT2D eigenvalue weighted by molar-refractivity contribution is -0.155. The fourth-order valence-corrected chi connectivity index (χ4v) is 4.54. The van der Waals surface area contributed by atoms with Crippen molar-refractivity contribution in [2.75, 3.05) is 17.7 Å². The van der Waals surface area contributed by atoms with Gasteiger partial charge in [-0.25, -0.2) is 9.78 Å². The van der Waals surface area contributed by atoms with Crippen LogP contribution in [0.25, 0.3) is 0 Å². The lowest BCUT2D eigenvalue weighted by atomic mass is 10.0. The van der Waals surface area contributed by atoms with Crippen molar-refractivity contribution >= 4 is 41.5 Å². The first-order valence-electron chi connectivity index (χ1n) is 9.51. The molecule has 1 fully saturated rings. The molecule has 1 amide bonds. The summed E-state index contributed by atoms with van der Waals surface area (Å²) in [5, 5.41) is 12.1. The molecule has 2 aliphatic heterocycles. The number of hydrogen-bond acceptors (Lipinski definition) is 9. The number of aromatic nitrogens is 2. The molecule has 31 heavy (non-hydrogen) atoms. The van der Waals surface area contributed by atoms with Crippen LogP contribution in [0, 0.1) is 0 Å². The highest BCUT2D eigenvalue weighted by Gasteiger charge is 2.54. The number of amides is 1. The number of nitrogens with zero attached hydrogens (tertiary/aromatic N) is 3. The van der Waals surface area contributed by atoms with E-state index in [1.54, 1.807) is 27.0 Å². The number of nitrogens with one attached hydrogen (secondary N) is 1. The number of hydrogen-bond donors (Lipinski definition) is 2. The minimum Gasteiger partial charge on any atom is -0.477 e. The molecule has 12 heteroatoms. The minimum absolute atomic E-state index is 0.0884. The third-order valence-electron chi connectivity index (χ3n) is 4.42. The number of carbonyl (C=O) groups excluding carboxylic acids is 3. The number of carboxylic acids is 1. The van der Waals surface area contributed by atoms with Crippen LogP contribution in [0.3, 0.4) is 0 Å². The molecule has 2 aliphatic rings. The molecule has 2 atom stereocenters. The van der Waals surface area contributed by atoms with Gasteiger partial charge in [-0.3, -0.25) is 19.3 Å². The molecule has 11 nitrogen and oxygen atoms in total. The summed E-state index contributed by atoms with van der Waals surface area (Å²) in [4.78, 5) is 53.1. The quantitative estimate of drug-likeness (QED) is 0.451. The Kier molecular flexibility index (Phi) is 6.30. The van der Waals surface area contributed by atoms with E-state index in [-0.39, 0.29) is 18.8 Å². The van der Waals surface area contributed by atoms with Crippen molar-refractivity contribution in [2.45, 2.75) is 51.3 Å². The van der Waals surface area contributed by atoms with E-state index >= 15 is 0 Å². The average Bonchev–Trinajstić information content (AvgIpc) is 3.08. The van der Waals surface area contributed by atoms with Crippen molar-refractivity contribution in [1.82, 2.24) is 14.5 Å². The first kappa shape index (κ1) is 22.7. The van der Waals surface area contributed by atoms with Gasteiger partial charge in [0.05, 0.1) is 0 Å². The maximum atomic E-state index is 12.8. The number of thioether (sulfide) groups is 1. The molecule has 0 spiro atoms. The number of fused-ring (bicyclic) bond motifs is 1. The maximum absolute atomic E-state index is 12.8. The van der Waals surface area contributed by atoms with E-state index in [1.165, 1.54) is 34.3 Å². The molecule has 1 unspecified atom stereocenters. The highest BCUT2D eigenvalue weighted by Crippen LogP contribution is 2.41. The molecule has 0 radical (unpaired) electrons. The maximum Gasteiger partial charge on any atom is 0.352 e. The lowest BCUT2D eigenvalue weighted by Gasteiger charge is -2.49. The third-order valence-corrected chi connectivity index (χ3v) is 5.76. The van der Waals surface area contributed by atoms with E-state index in [9.17, 15) is 24.3 Å². The Hall–Kier alpha value is -3.02. The first-order valence-corrected chi connectivity index (χ1v) is 10.6. The number of esters is 2. The zero-order valence-electron chi connectivity index (χ0n) is 17.6. The van der Waals surface area contributed by atoms with Gasteiger partial charge in [0.25, 0.3) is 5.91 Å². The number of carboxylic acid groups (broad SMARTS) is 1. The Labute approximate surface area is 182 Å². The monoisotopic (exact) mass is 452 g/mol. The Morgan fingerprint density at radius 1 is 1.35 bits per heavy atom. The Morgan fingerprint density at radius 3 is 2.68 bits per heavy atom.